The Kier molecular flexibility index (Phi) is 3.89. The van der Waals surface area contributed by atoms with E-state index >= 15 is 0 Å². The van der Waals surface area contributed by atoms with Crippen LogP contribution in [0.2, 0.25) is 0 Å². The first kappa shape index (κ1) is 15.3. The van der Waals surface area contributed by atoms with Crippen molar-refractivity contribution in [2.24, 2.45) is 0 Å². The number of aryl methyl sites for hydroxylation is 1. The number of rotatable bonds is 3. The lowest BCUT2D eigenvalue weighted by molar-refractivity contribution is 0.591. The van der Waals surface area contributed by atoms with E-state index < -0.39 is 15.1 Å². The standard InChI is InChI=1S/C19H15NO2S/c1-14-9-11-16(12-10-14)23(21,22)19(13-20)18-8-4-6-15-5-2-3-7-17(15)18/h2-12,19H,1H3. The molecular weight excluding hydrogens is 306 g/mol. The molecule has 0 saturated heterocycles. The zero-order chi connectivity index (χ0) is 16.4. The summed E-state index contributed by atoms with van der Waals surface area (Å²) in [7, 11) is -3.77. The van der Waals surface area contributed by atoms with Gasteiger partial charge >= 0.3 is 0 Å². The van der Waals surface area contributed by atoms with Crippen LogP contribution < -0.4 is 0 Å². The lowest BCUT2D eigenvalue weighted by atomic mass is 10.0. The summed E-state index contributed by atoms with van der Waals surface area (Å²) in [5, 5.41) is 10.0. The number of hydrogen-bond acceptors (Lipinski definition) is 3. The second kappa shape index (κ2) is 5.86. The topological polar surface area (TPSA) is 57.9 Å². The molecule has 0 saturated carbocycles. The lowest BCUT2D eigenvalue weighted by Crippen LogP contribution is -2.12. The number of sulfone groups is 1. The second-order valence-electron chi connectivity index (χ2n) is 5.44. The van der Waals surface area contributed by atoms with Crippen LogP contribution in [0.25, 0.3) is 10.8 Å². The van der Waals surface area contributed by atoms with Gasteiger partial charge in [-0.1, -0.05) is 60.2 Å². The van der Waals surface area contributed by atoms with Crippen molar-refractivity contribution in [3.8, 4) is 6.07 Å². The Morgan fingerprint density at radius 3 is 2.26 bits per heavy atom. The zero-order valence-corrected chi connectivity index (χ0v) is 13.4. The Hall–Kier alpha value is -2.64. The molecule has 3 aromatic carbocycles. The Morgan fingerprint density at radius 1 is 0.913 bits per heavy atom. The molecule has 0 N–H and O–H groups in total. The highest BCUT2D eigenvalue weighted by Gasteiger charge is 2.30. The minimum absolute atomic E-state index is 0.169. The molecule has 1 unspecified atom stereocenters. The smallest absolute Gasteiger partial charge is 0.198 e. The third-order valence-corrected chi connectivity index (χ3v) is 5.79. The molecule has 0 aliphatic rings. The van der Waals surface area contributed by atoms with Gasteiger partial charge in [0.2, 0.25) is 0 Å². The largest absolute Gasteiger partial charge is 0.222 e. The Morgan fingerprint density at radius 2 is 1.57 bits per heavy atom. The van der Waals surface area contributed by atoms with Gasteiger partial charge in [0.05, 0.1) is 11.0 Å². The number of hydrogen-bond donors (Lipinski definition) is 0. The van der Waals surface area contributed by atoms with E-state index in [0.717, 1.165) is 16.3 Å². The minimum Gasteiger partial charge on any atom is -0.222 e. The quantitative estimate of drug-likeness (QED) is 0.727. The Balaban J connectivity index is 2.19. The van der Waals surface area contributed by atoms with E-state index in [1.165, 1.54) is 0 Å². The van der Waals surface area contributed by atoms with Crippen LogP contribution in [0, 0.1) is 18.3 Å². The third kappa shape index (κ3) is 2.71. The summed E-state index contributed by atoms with van der Waals surface area (Å²) in [4.78, 5) is 0.169. The van der Waals surface area contributed by atoms with Crippen LogP contribution in [0.3, 0.4) is 0 Å². The van der Waals surface area contributed by atoms with Crippen molar-refractivity contribution >= 4 is 20.6 Å². The highest BCUT2D eigenvalue weighted by Crippen LogP contribution is 2.33. The maximum atomic E-state index is 12.9. The first-order valence-electron chi connectivity index (χ1n) is 7.22. The van der Waals surface area contributed by atoms with Crippen molar-refractivity contribution in [1.29, 1.82) is 5.26 Å². The third-order valence-electron chi connectivity index (χ3n) is 3.88. The fourth-order valence-electron chi connectivity index (χ4n) is 2.65. The predicted molar refractivity (Wildman–Crippen MR) is 90.7 cm³/mol. The van der Waals surface area contributed by atoms with Crippen LogP contribution in [0.5, 0.6) is 0 Å². The number of fused-ring (bicyclic) bond motifs is 1. The maximum absolute atomic E-state index is 12.9. The average Bonchev–Trinajstić information content (AvgIpc) is 2.56. The van der Waals surface area contributed by atoms with Gasteiger partial charge in [0.15, 0.2) is 15.1 Å². The van der Waals surface area contributed by atoms with E-state index in [1.54, 1.807) is 36.4 Å². The summed E-state index contributed by atoms with van der Waals surface area (Å²) >= 11 is 0. The van der Waals surface area contributed by atoms with Crippen LogP contribution >= 0.6 is 0 Å². The summed E-state index contributed by atoms with van der Waals surface area (Å²) in [6, 6.07) is 21.5. The predicted octanol–water partition coefficient (Wildman–Crippen LogP) is 4.19. The fraction of sp³-hybridized carbons (Fsp3) is 0.105. The number of nitrogens with zero attached hydrogens (tertiary/aromatic N) is 1. The van der Waals surface area contributed by atoms with Crippen molar-refractivity contribution in [1.82, 2.24) is 0 Å². The van der Waals surface area contributed by atoms with Crippen LogP contribution in [-0.4, -0.2) is 8.42 Å². The number of nitriles is 1. The monoisotopic (exact) mass is 321 g/mol. The normalized spacial score (nSPS) is 12.7. The molecule has 3 rings (SSSR count). The molecule has 0 heterocycles. The molecule has 0 spiro atoms. The van der Waals surface area contributed by atoms with E-state index in [1.807, 2.05) is 43.3 Å². The molecule has 0 aromatic heterocycles. The van der Waals surface area contributed by atoms with Crippen LogP contribution in [0.1, 0.15) is 16.4 Å². The Bertz CT molecular complexity index is 994. The average molecular weight is 321 g/mol. The minimum atomic E-state index is -3.77. The van der Waals surface area contributed by atoms with E-state index in [4.69, 9.17) is 0 Å². The highest BCUT2D eigenvalue weighted by atomic mass is 32.2. The van der Waals surface area contributed by atoms with Gasteiger partial charge in [-0.2, -0.15) is 5.26 Å². The van der Waals surface area contributed by atoms with Crippen molar-refractivity contribution in [2.75, 3.05) is 0 Å². The van der Waals surface area contributed by atoms with E-state index in [0.29, 0.717) is 5.56 Å². The molecule has 0 radical (unpaired) electrons. The van der Waals surface area contributed by atoms with Gasteiger partial charge in [-0.15, -0.1) is 0 Å². The lowest BCUT2D eigenvalue weighted by Gasteiger charge is -2.14. The molecule has 3 nitrogen and oxygen atoms in total. The van der Waals surface area contributed by atoms with E-state index in [2.05, 4.69) is 0 Å². The van der Waals surface area contributed by atoms with Crippen molar-refractivity contribution in [3.63, 3.8) is 0 Å². The second-order valence-corrected chi connectivity index (χ2v) is 7.47. The number of benzene rings is 3. The van der Waals surface area contributed by atoms with Gasteiger partial charge in [-0.25, -0.2) is 8.42 Å². The van der Waals surface area contributed by atoms with Crippen molar-refractivity contribution in [3.05, 3.63) is 77.9 Å². The molecule has 0 aliphatic heterocycles. The first-order valence-corrected chi connectivity index (χ1v) is 8.76. The summed E-state index contributed by atoms with van der Waals surface area (Å²) in [5.74, 6) is 0. The molecule has 3 aromatic rings. The van der Waals surface area contributed by atoms with Gasteiger partial charge in [-0.05, 0) is 35.4 Å². The van der Waals surface area contributed by atoms with Crippen molar-refractivity contribution < 1.29 is 8.42 Å². The molecule has 0 fully saturated rings. The SMILES string of the molecule is Cc1ccc(S(=O)(=O)C(C#N)c2cccc3ccccc23)cc1. The Labute approximate surface area is 135 Å². The van der Waals surface area contributed by atoms with Gasteiger partial charge < -0.3 is 0 Å². The molecule has 0 bridgehead atoms. The van der Waals surface area contributed by atoms with E-state index in [-0.39, 0.29) is 4.90 Å². The summed E-state index contributed by atoms with van der Waals surface area (Å²) in [6.07, 6.45) is 0. The fourth-order valence-corrected chi connectivity index (χ4v) is 4.12. The van der Waals surface area contributed by atoms with Gasteiger partial charge in [0.25, 0.3) is 0 Å². The van der Waals surface area contributed by atoms with Gasteiger partial charge in [0.1, 0.15) is 0 Å². The molecular formula is C19H15NO2S. The first-order chi connectivity index (χ1) is 11.0. The molecule has 1 atom stereocenters. The molecule has 114 valence electrons. The molecule has 0 amide bonds. The van der Waals surface area contributed by atoms with Gasteiger partial charge in [-0.3, -0.25) is 0 Å². The molecule has 4 heteroatoms. The summed E-state index contributed by atoms with van der Waals surface area (Å²) < 4.78 is 25.8. The van der Waals surface area contributed by atoms with Gasteiger partial charge in [0, 0.05) is 0 Å². The van der Waals surface area contributed by atoms with Crippen LogP contribution in [0.15, 0.2) is 71.6 Å². The summed E-state index contributed by atoms with van der Waals surface area (Å²) in [6.45, 7) is 1.89. The van der Waals surface area contributed by atoms with Crippen molar-refractivity contribution in [2.45, 2.75) is 17.1 Å². The summed E-state index contributed by atoms with van der Waals surface area (Å²) in [5.41, 5.74) is 1.49. The maximum Gasteiger partial charge on any atom is 0.198 e. The van der Waals surface area contributed by atoms with Crippen LogP contribution in [0.4, 0.5) is 0 Å². The molecule has 23 heavy (non-hydrogen) atoms. The zero-order valence-electron chi connectivity index (χ0n) is 12.6. The highest BCUT2D eigenvalue weighted by molar-refractivity contribution is 7.92. The van der Waals surface area contributed by atoms with E-state index in [9.17, 15) is 13.7 Å². The molecule has 0 aliphatic carbocycles. The van der Waals surface area contributed by atoms with Crippen LogP contribution in [-0.2, 0) is 9.84 Å².